The van der Waals surface area contributed by atoms with E-state index in [1.165, 1.54) is 5.69 Å². The molecule has 1 aromatic rings. The van der Waals surface area contributed by atoms with E-state index in [-0.39, 0.29) is 6.04 Å². The number of rotatable bonds is 8. The van der Waals surface area contributed by atoms with Gasteiger partial charge < -0.3 is 10.3 Å². The topological polar surface area (TPSA) is 47.1 Å². The SMILES string of the molecule is CCn1cncc1C(CN)N(CC(C)C)CC(C)C. The first-order chi connectivity index (χ1) is 8.99. The van der Waals surface area contributed by atoms with Gasteiger partial charge in [-0.15, -0.1) is 0 Å². The molecule has 0 aromatic carbocycles. The fourth-order valence-electron chi connectivity index (χ4n) is 2.60. The smallest absolute Gasteiger partial charge is 0.0948 e. The first-order valence-electron chi connectivity index (χ1n) is 7.43. The van der Waals surface area contributed by atoms with E-state index < -0.39 is 0 Å². The summed E-state index contributed by atoms with van der Waals surface area (Å²) in [7, 11) is 0. The molecule has 1 heterocycles. The number of imidazole rings is 1. The summed E-state index contributed by atoms with van der Waals surface area (Å²) in [5.41, 5.74) is 7.30. The van der Waals surface area contributed by atoms with E-state index in [9.17, 15) is 0 Å². The molecular formula is C15H30N4. The zero-order valence-corrected chi connectivity index (χ0v) is 13.1. The normalized spacial score (nSPS) is 13.7. The molecule has 4 heteroatoms. The lowest BCUT2D eigenvalue weighted by atomic mass is 10.1. The average Bonchev–Trinajstić information content (AvgIpc) is 2.76. The molecule has 4 nitrogen and oxygen atoms in total. The first kappa shape index (κ1) is 16.2. The molecule has 0 radical (unpaired) electrons. The largest absolute Gasteiger partial charge is 0.333 e. The second kappa shape index (κ2) is 7.65. The van der Waals surface area contributed by atoms with Crippen LogP contribution in [0.1, 0.15) is 46.4 Å². The highest BCUT2D eigenvalue weighted by molar-refractivity contribution is 5.06. The number of hydrogen-bond donors (Lipinski definition) is 1. The number of aromatic nitrogens is 2. The van der Waals surface area contributed by atoms with E-state index in [0.717, 1.165) is 19.6 Å². The van der Waals surface area contributed by atoms with E-state index in [4.69, 9.17) is 5.73 Å². The summed E-state index contributed by atoms with van der Waals surface area (Å²) in [6.07, 6.45) is 3.87. The highest BCUT2D eigenvalue weighted by Gasteiger charge is 2.23. The lowest BCUT2D eigenvalue weighted by Crippen LogP contribution is -2.39. The molecule has 19 heavy (non-hydrogen) atoms. The minimum atomic E-state index is 0.271. The Kier molecular flexibility index (Phi) is 6.52. The van der Waals surface area contributed by atoms with Crippen molar-refractivity contribution in [3.8, 4) is 0 Å². The Balaban J connectivity index is 2.94. The van der Waals surface area contributed by atoms with Crippen LogP contribution in [-0.2, 0) is 6.54 Å². The van der Waals surface area contributed by atoms with Crippen molar-refractivity contribution in [3.63, 3.8) is 0 Å². The van der Waals surface area contributed by atoms with E-state index >= 15 is 0 Å². The summed E-state index contributed by atoms with van der Waals surface area (Å²) in [6.45, 7) is 14.9. The third-order valence-corrected chi connectivity index (χ3v) is 3.29. The van der Waals surface area contributed by atoms with Gasteiger partial charge in [-0.2, -0.15) is 0 Å². The molecule has 0 aliphatic carbocycles. The van der Waals surface area contributed by atoms with Gasteiger partial charge in [0, 0.05) is 32.4 Å². The predicted molar refractivity (Wildman–Crippen MR) is 80.9 cm³/mol. The maximum absolute atomic E-state index is 6.06. The molecule has 1 rings (SSSR count). The van der Waals surface area contributed by atoms with Crippen molar-refractivity contribution in [1.29, 1.82) is 0 Å². The molecule has 0 aliphatic rings. The lowest BCUT2D eigenvalue weighted by molar-refractivity contribution is 0.154. The summed E-state index contributed by atoms with van der Waals surface area (Å²) in [5.74, 6) is 1.29. The van der Waals surface area contributed by atoms with Gasteiger partial charge in [0.1, 0.15) is 0 Å². The van der Waals surface area contributed by atoms with Crippen molar-refractivity contribution in [1.82, 2.24) is 14.5 Å². The molecule has 1 atom stereocenters. The van der Waals surface area contributed by atoms with Crippen molar-refractivity contribution in [2.24, 2.45) is 17.6 Å². The van der Waals surface area contributed by atoms with Crippen LogP contribution >= 0.6 is 0 Å². The number of nitrogens with zero attached hydrogens (tertiary/aromatic N) is 3. The van der Waals surface area contributed by atoms with E-state index in [0.29, 0.717) is 18.4 Å². The number of hydrogen-bond acceptors (Lipinski definition) is 3. The molecule has 0 spiro atoms. The summed E-state index contributed by atoms with van der Waals surface area (Å²) in [6, 6.07) is 0.271. The van der Waals surface area contributed by atoms with Crippen molar-refractivity contribution in [2.75, 3.05) is 19.6 Å². The minimum absolute atomic E-state index is 0.271. The fraction of sp³-hybridized carbons (Fsp3) is 0.800. The molecule has 1 aromatic heterocycles. The van der Waals surface area contributed by atoms with Crippen LogP contribution in [0.5, 0.6) is 0 Å². The van der Waals surface area contributed by atoms with Crippen LogP contribution < -0.4 is 5.73 Å². The van der Waals surface area contributed by atoms with Crippen LogP contribution in [0, 0.1) is 11.8 Å². The molecule has 2 N–H and O–H groups in total. The Morgan fingerprint density at radius 3 is 2.21 bits per heavy atom. The molecule has 0 saturated heterocycles. The molecule has 0 saturated carbocycles. The molecule has 1 unspecified atom stereocenters. The van der Waals surface area contributed by atoms with E-state index in [1.54, 1.807) is 0 Å². The standard InChI is InChI=1S/C15H30N4/c1-6-18-11-17-8-15(18)14(7-16)19(9-12(2)3)10-13(4)5/h8,11-14H,6-7,9-10,16H2,1-5H3. The van der Waals surface area contributed by atoms with Crippen molar-refractivity contribution >= 4 is 0 Å². The zero-order chi connectivity index (χ0) is 14.4. The van der Waals surface area contributed by atoms with Crippen molar-refractivity contribution in [3.05, 3.63) is 18.2 Å². The summed E-state index contributed by atoms with van der Waals surface area (Å²) in [5, 5.41) is 0. The summed E-state index contributed by atoms with van der Waals surface area (Å²) >= 11 is 0. The van der Waals surface area contributed by atoms with Crippen LogP contribution in [0.2, 0.25) is 0 Å². The second-order valence-corrected chi connectivity index (χ2v) is 6.10. The van der Waals surface area contributed by atoms with Crippen LogP contribution in [0.3, 0.4) is 0 Å². The van der Waals surface area contributed by atoms with E-state index in [1.807, 2.05) is 12.5 Å². The lowest BCUT2D eigenvalue weighted by Gasteiger charge is -2.34. The molecule has 0 bridgehead atoms. The minimum Gasteiger partial charge on any atom is -0.333 e. The second-order valence-electron chi connectivity index (χ2n) is 6.10. The number of nitrogens with two attached hydrogens (primary N) is 1. The van der Waals surface area contributed by atoms with Gasteiger partial charge in [-0.25, -0.2) is 4.98 Å². The molecule has 0 amide bonds. The highest BCUT2D eigenvalue weighted by Crippen LogP contribution is 2.22. The highest BCUT2D eigenvalue weighted by atomic mass is 15.2. The van der Waals surface area contributed by atoms with Crippen molar-refractivity contribution < 1.29 is 0 Å². The Labute approximate surface area is 118 Å². The van der Waals surface area contributed by atoms with Gasteiger partial charge in [-0.1, -0.05) is 27.7 Å². The monoisotopic (exact) mass is 266 g/mol. The fourth-order valence-corrected chi connectivity index (χ4v) is 2.60. The third kappa shape index (κ3) is 4.62. The van der Waals surface area contributed by atoms with Gasteiger partial charge in [0.15, 0.2) is 0 Å². The van der Waals surface area contributed by atoms with Gasteiger partial charge >= 0.3 is 0 Å². The zero-order valence-electron chi connectivity index (χ0n) is 13.1. The van der Waals surface area contributed by atoms with Gasteiger partial charge in [0.05, 0.1) is 18.1 Å². The maximum Gasteiger partial charge on any atom is 0.0948 e. The average molecular weight is 266 g/mol. The Morgan fingerprint density at radius 2 is 1.79 bits per heavy atom. The maximum atomic E-state index is 6.06. The quantitative estimate of drug-likeness (QED) is 0.786. The van der Waals surface area contributed by atoms with Gasteiger partial charge in [-0.3, -0.25) is 4.90 Å². The number of aryl methyl sites for hydroxylation is 1. The van der Waals surface area contributed by atoms with Gasteiger partial charge in [0.25, 0.3) is 0 Å². The molecule has 0 aliphatic heterocycles. The van der Waals surface area contributed by atoms with Crippen LogP contribution in [0.25, 0.3) is 0 Å². The van der Waals surface area contributed by atoms with Crippen molar-refractivity contribution in [2.45, 2.75) is 47.2 Å². The molecular weight excluding hydrogens is 236 g/mol. The Hall–Kier alpha value is -0.870. The van der Waals surface area contributed by atoms with Gasteiger partial charge in [-0.05, 0) is 18.8 Å². The first-order valence-corrected chi connectivity index (χ1v) is 7.43. The molecule has 110 valence electrons. The van der Waals surface area contributed by atoms with E-state index in [2.05, 4.69) is 49.1 Å². The van der Waals surface area contributed by atoms with Crippen LogP contribution in [0.15, 0.2) is 12.5 Å². The molecule has 0 fully saturated rings. The predicted octanol–water partition coefficient (Wildman–Crippen LogP) is 2.52. The summed E-state index contributed by atoms with van der Waals surface area (Å²) < 4.78 is 2.20. The summed E-state index contributed by atoms with van der Waals surface area (Å²) in [4.78, 5) is 6.80. The Morgan fingerprint density at radius 1 is 1.21 bits per heavy atom. The van der Waals surface area contributed by atoms with Gasteiger partial charge in [0.2, 0.25) is 0 Å². The third-order valence-electron chi connectivity index (χ3n) is 3.29. The van der Waals surface area contributed by atoms with Crippen LogP contribution in [-0.4, -0.2) is 34.1 Å². The Bertz CT molecular complexity index is 347. The van der Waals surface area contributed by atoms with Crippen LogP contribution in [0.4, 0.5) is 0 Å².